The summed E-state index contributed by atoms with van der Waals surface area (Å²) in [5.41, 5.74) is 2.22. The van der Waals surface area contributed by atoms with Gasteiger partial charge in [0.15, 0.2) is 0 Å². The van der Waals surface area contributed by atoms with Crippen molar-refractivity contribution in [1.29, 1.82) is 0 Å². The van der Waals surface area contributed by atoms with Gasteiger partial charge in [0, 0.05) is 5.56 Å². The SMILES string of the molecule is COC(=O)C1(NC(=O)Cc2c(C)cc(C)cc2OC)CCC(C(C)(C)C)CC1. The maximum atomic E-state index is 12.9. The molecule has 0 heterocycles. The summed E-state index contributed by atoms with van der Waals surface area (Å²) in [6.07, 6.45) is 3.18. The first-order valence-electron chi connectivity index (χ1n) is 10.1. The molecule has 0 unspecified atom stereocenters. The van der Waals surface area contributed by atoms with E-state index in [4.69, 9.17) is 9.47 Å². The third kappa shape index (κ3) is 4.86. The Morgan fingerprint density at radius 3 is 2.25 bits per heavy atom. The Hall–Kier alpha value is -2.04. The van der Waals surface area contributed by atoms with Crippen LogP contribution in [0.25, 0.3) is 0 Å². The molecule has 1 fully saturated rings. The number of benzene rings is 1. The number of esters is 1. The van der Waals surface area contributed by atoms with Crippen LogP contribution in [0.3, 0.4) is 0 Å². The van der Waals surface area contributed by atoms with Gasteiger partial charge in [0.05, 0.1) is 20.6 Å². The van der Waals surface area contributed by atoms with E-state index < -0.39 is 5.54 Å². The van der Waals surface area contributed by atoms with E-state index in [1.165, 1.54) is 7.11 Å². The second-order valence-electron chi connectivity index (χ2n) is 9.20. The Morgan fingerprint density at radius 2 is 1.75 bits per heavy atom. The van der Waals surface area contributed by atoms with Crippen molar-refractivity contribution in [3.05, 3.63) is 28.8 Å². The molecule has 0 atom stereocenters. The van der Waals surface area contributed by atoms with Crippen LogP contribution < -0.4 is 10.1 Å². The fraction of sp³-hybridized carbons (Fsp3) is 0.652. The summed E-state index contributed by atoms with van der Waals surface area (Å²) in [4.78, 5) is 25.5. The predicted octanol–water partition coefficient (Wildman–Crippen LogP) is 4.12. The molecule has 0 aromatic heterocycles. The van der Waals surface area contributed by atoms with E-state index in [-0.39, 0.29) is 23.7 Å². The summed E-state index contributed by atoms with van der Waals surface area (Å²) in [6.45, 7) is 10.7. The number of rotatable bonds is 5. The first-order chi connectivity index (χ1) is 13.0. The van der Waals surface area contributed by atoms with Crippen LogP contribution in [0.1, 0.15) is 63.1 Å². The van der Waals surface area contributed by atoms with Gasteiger partial charge < -0.3 is 14.8 Å². The maximum absolute atomic E-state index is 12.9. The number of methoxy groups -OCH3 is 2. The molecule has 1 amide bonds. The highest BCUT2D eigenvalue weighted by Crippen LogP contribution is 2.42. The molecule has 2 rings (SSSR count). The van der Waals surface area contributed by atoms with Crippen molar-refractivity contribution in [2.24, 2.45) is 11.3 Å². The quantitative estimate of drug-likeness (QED) is 0.770. The van der Waals surface area contributed by atoms with Crippen molar-refractivity contribution in [3.63, 3.8) is 0 Å². The van der Waals surface area contributed by atoms with Gasteiger partial charge in [0.25, 0.3) is 0 Å². The maximum Gasteiger partial charge on any atom is 0.331 e. The highest BCUT2D eigenvalue weighted by Gasteiger charge is 2.46. The minimum atomic E-state index is -0.931. The molecule has 1 aliphatic carbocycles. The molecule has 0 saturated heterocycles. The van der Waals surface area contributed by atoms with E-state index in [9.17, 15) is 9.59 Å². The summed E-state index contributed by atoms with van der Waals surface area (Å²) in [6, 6.07) is 3.97. The number of ether oxygens (including phenoxy) is 2. The molecule has 1 aromatic carbocycles. The first kappa shape index (κ1) is 22.3. The Labute approximate surface area is 169 Å². The second kappa shape index (κ2) is 8.54. The van der Waals surface area contributed by atoms with E-state index in [1.54, 1.807) is 7.11 Å². The molecule has 28 heavy (non-hydrogen) atoms. The van der Waals surface area contributed by atoms with E-state index in [0.717, 1.165) is 29.5 Å². The van der Waals surface area contributed by atoms with Crippen LogP contribution in [0, 0.1) is 25.2 Å². The van der Waals surface area contributed by atoms with E-state index in [0.29, 0.717) is 24.5 Å². The van der Waals surface area contributed by atoms with Crippen LogP contribution in [0.5, 0.6) is 5.75 Å². The average molecular weight is 390 g/mol. The molecule has 0 spiro atoms. The van der Waals surface area contributed by atoms with Crippen LogP contribution in [-0.2, 0) is 20.7 Å². The molecule has 1 aromatic rings. The summed E-state index contributed by atoms with van der Waals surface area (Å²) in [7, 11) is 3.00. The average Bonchev–Trinajstić information content (AvgIpc) is 2.62. The third-order valence-corrected chi connectivity index (χ3v) is 6.15. The van der Waals surface area contributed by atoms with Gasteiger partial charge in [0.2, 0.25) is 5.91 Å². The van der Waals surface area contributed by atoms with Crippen molar-refractivity contribution >= 4 is 11.9 Å². The van der Waals surface area contributed by atoms with Crippen molar-refractivity contribution < 1.29 is 19.1 Å². The van der Waals surface area contributed by atoms with Gasteiger partial charge in [0.1, 0.15) is 11.3 Å². The van der Waals surface area contributed by atoms with Gasteiger partial charge >= 0.3 is 5.97 Å². The van der Waals surface area contributed by atoms with Crippen molar-refractivity contribution in [1.82, 2.24) is 5.32 Å². The third-order valence-electron chi connectivity index (χ3n) is 6.15. The molecule has 0 aliphatic heterocycles. The highest BCUT2D eigenvalue weighted by molar-refractivity contribution is 5.89. The van der Waals surface area contributed by atoms with Crippen LogP contribution in [-0.4, -0.2) is 31.6 Å². The number of carbonyl (C=O) groups is 2. The van der Waals surface area contributed by atoms with Gasteiger partial charge in [-0.25, -0.2) is 4.79 Å². The monoisotopic (exact) mass is 389 g/mol. The zero-order valence-electron chi connectivity index (χ0n) is 18.4. The van der Waals surface area contributed by atoms with Crippen LogP contribution in [0.4, 0.5) is 0 Å². The molecule has 0 bridgehead atoms. The van der Waals surface area contributed by atoms with Gasteiger partial charge in [-0.1, -0.05) is 26.8 Å². The standard InChI is InChI=1S/C23H35NO4/c1-15-12-16(2)18(19(13-15)27-6)14-20(25)24-23(21(26)28-7)10-8-17(9-11-23)22(3,4)5/h12-13,17H,8-11,14H2,1-7H3,(H,24,25). The first-order valence-corrected chi connectivity index (χ1v) is 10.1. The normalized spacial score (nSPS) is 22.5. The molecule has 0 radical (unpaired) electrons. The lowest BCUT2D eigenvalue weighted by Gasteiger charge is -2.42. The van der Waals surface area contributed by atoms with Gasteiger partial charge in [-0.05, 0) is 68.1 Å². The topological polar surface area (TPSA) is 64.6 Å². The number of hydrogen-bond donors (Lipinski definition) is 1. The van der Waals surface area contributed by atoms with Gasteiger partial charge in [-0.2, -0.15) is 0 Å². The molecule has 1 aliphatic rings. The molecular weight excluding hydrogens is 354 g/mol. The molecule has 1 saturated carbocycles. The van der Waals surface area contributed by atoms with E-state index in [2.05, 4.69) is 26.1 Å². The van der Waals surface area contributed by atoms with Crippen LogP contribution >= 0.6 is 0 Å². The smallest absolute Gasteiger partial charge is 0.331 e. The fourth-order valence-electron chi connectivity index (χ4n) is 4.39. The van der Waals surface area contributed by atoms with Crippen molar-refractivity contribution in [2.75, 3.05) is 14.2 Å². The zero-order chi connectivity index (χ0) is 21.1. The Balaban J connectivity index is 2.18. The summed E-state index contributed by atoms with van der Waals surface area (Å²) < 4.78 is 10.5. The van der Waals surface area contributed by atoms with E-state index >= 15 is 0 Å². The second-order valence-corrected chi connectivity index (χ2v) is 9.20. The molecule has 156 valence electrons. The van der Waals surface area contributed by atoms with Crippen LogP contribution in [0.2, 0.25) is 0 Å². The number of carbonyl (C=O) groups excluding carboxylic acids is 2. The summed E-state index contributed by atoms with van der Waals surface area (Å²) >= 11 is 0. The Kier molecular flexibility index (Phi) is 6.79. The largest absolute Gasteiger partial charge is 0.496 e. The van der Waals surface area contributed by atoms with Crippen molar-refractivity contribution in [3.8, 4) is 5.75 Å². The van der Waals surface area contributed by atoms with Crippen molar-refractivity contribution in [2.45, 2.75) is 72.3 Å². The Morgan fingerprint density at radius 1 is 1.14 bits per heavy atom. The number of aryl methyl sites for hydroxylation is 2. The van der Waals surface area contributed by atoms with Crippen LogP contribution in [0.15, 0.2) is 12.1 Å². The number of amides is 1. The lowest BCUT2D eigenvalue weighted by atomic mass is 9.67. The van der Waals surface area contributed by atoms with Gasteiger partial charge in [-0.15, -0.1) is 0 Å². The molecule has 1 N–H and O–H groups in total. The minimum absolute atomic E-state index is 0.176. The summed E-state index contributed by atoms with van der Waals surface area (Å²) in [5, 5.41) is 3.03. The summed E-state index contributed by atoms with van der Waals surface area (Å²) in [5.74, 6) is 0.712. The zero-order valence-corrected chi connectivity index (χ0v) is 18.4. The Bertz CT molecular complexity index is 725. The predicted molar refractivity (Wildman–Crippen MR) is 110 cm³/mol. The highest BCUT2D eigenvalue weighted by atomic mass is 16.5. The van der Waals surface area contributed by atoms with Gasteiger partial charge in [-0.3, -0.25) is 4.79 Å². The lowest BCUT2D eigenvalue weighted by Crippen LogP contribution is -2.57. The van der Waals surface area contributed by atoms with E-state index in [1.807, 2.05) is 26.0 Å². The number of nitrogens with one attached hydrogen (secondary N) is 1. The molecule has 5 nitrogen and oxygen atoms in total. The lowest BCUT2D eigenvalue weighted by molar-refractivity contribution is -0.153. The number of hydrogen-bond acceptors (Lipinski definition) is 4. The minimum Gasteiger partial charge on any atom is -0.496 e. The molecule has 5 heteroatoms. The fourth-order valence-corrected chi connectivity index (χ4v) is 4.39. The molecular formula is C23H35NO4.